The summed E-state index contributed by atoms with van der Waals surface area (Å²) >= 11 is 1.44. The second kappa shape index (κ2) is 9.67. The van der Waals surface area contributed by atoms with Crippen molar-refractivity contribution in [2.24, 2.45) is 0 Å². The maximum Gasteiger partial charge on any atom is 0.273 e. The normalized spacial score (nSPS) is 14.4. The molecule has 1 N–H and O–H groups in total. The molecule has 0 unspecified atom stereocenters. The molecule has 2 amide bonds. The van der Waals surface area contributed by atoms with Crippen LogP contribution < -0.4 is 5.32 Å². The second-order valence-electron chi connectivity index (χ2n) is 7.21. The summed E-state index contributed by atoms with van der Waals surface area (Å²) in [4.78, 5) is 33.1. The average Bonchev–Trinajstić information content (AvgIpc) is 3.48. The Morgan fingerprint density at radius 1 is 1.16 bits per heavy atom. The van der Waals surface area contributed by atoms with Gasteiger partial charge in [0, 0.05) is 49.9 Å². The number of hydrogen-bond acceptors (Lipinski definition) is 6. The van der Waals surface area contributed by atoms with Gasteiger partial charge in [0.05, 0.1) is 18.4 Å². The minimum atomic E-state index is -0.0753. The van der Waals surface area contributed by atoms with Crippen LogP contribution in [0.25, 0.3) is 16.3 Å². The van der Waals surface area contributed by atoms with Crippen LogP contribution in [0.15, 0.2) is 60.8 Å². The van der Waals surface area contributed by atoms with Gasteiger partial charge in [0.2, 0.25) is 5.91 Å². The summed E-state index contributed by atoms with van der Waals surface area (Å²) < 4.78 is 1.79. The highest BCUT2D eigenvalue weighted by Gasteiger charge is 2.25. The van der Waals surface area contributed by atoms with Gasteiger partial charge in [-0.25, -0.2) is 9.67 Å². The maximum atomic E-state index is 12.9. The lowest BCUT2D eigenvalue weighted by Gasteiger charge is -2.33. The Bertz CT molecular complexity index is 1050. The van der Waals surface area contributed by atoms with Crippen LogP contribution in [0.1, 0.15) is 10.5 Å². The number of hydrogen-bond donors (Lipinski definition) is 1. The summed E-state index contributed by atoms with van der Waals surface area (Å²) in [5, 5.41) is 9.74. The summed E-state index contributed by atoms with van der Waals surface area (Å²) in [6.45, 7) is 6.87. The van der Waals surface area contributed by atoms with E-state index in [0.29, 0.717) is 45.0 Å². The van der Waals surface area contributed by atoms with Crippen LogP contribution in [0, 0.1) is 0 Å². The van der Waals surface area contributed by atoms with Gasteiger partial charge in [0.1, 0.15) is 10.7 Å². The Hall–Kier alpha value is -3.30. The Kier molecular flexibility index (Phi) is 6.54. The van der Waals surface area contributed by atoms with Crippen LogP contribution in [0.2, 0.25) is 0 Å². The predicted octanol–water partition coefficient (Wildman–Crippen LogP) is 2.06. The first kappa shape index (κ1) is 21.0. The van der Waals surface area contributed by atoms with Crippen molar-refractivity contribution in [3.8, 4) is 16.3 Å². The highest BCUT2D eigenvalue weighted by Crippen LogP contribution is 2.25. The highest BCUT2D eigenvalue weighted by atomic mass is 32.1. The fraction of sp³-hybridized carbons (Fsp3) is 0.273. The predicted molar refractivity (Wildman–Crippen MR) is 120 cm³/mol. The van der Waals surface area contributed by atoms with Crippen molar-refractivity contribution >= 4 is 23.2 Å². The number of aromatic nitrogens is 3. The molecule has 2 aromatic heterocycles. The molecule has 3 heterocycles. The number of nitrogens with zero attached hydrogens (tertiary/aromatic N) is 5. The number of thiazole rings is 1. The molecular weight excluding hydrogens is 412 g/mol. The van der Waals surface area contributed by atoms with Gasteiger partial charge >= 0.3 is 0 Å². The molecular formula is C22H24N6O2S. The molecule has 9 heteroatoms. The van der Waals surface area contributed by atoms with Crippen molar-refractivity contribution in [2.75, 3.05) is 39.3 Å². The fourth-order valence-corrected chi connectivity index (χ4v) is 4.15. The van der Waals surface area contributed by atoms with Gasteiger partial charge in [-0.15, -0.1) is 17.9 Å². The van der Waals surface area contributed by atoms with E-state index >= 15 is 0 Å². The van der Waals surface area contributed by atoms with Gasteiger partial charge in [-0.05, 0) is 12.1 Å². The summed E-state index contributed by atoms with van der Waals surface area (Å²) in [5.41, 5.74) is 2.30. The molecule has 0 aliphatic carbocycles. The quantitative estimate of drug-likeness (QED) is 0.573. The van der Waals surface area contributed by atoms with E-state index in [-0.39, 0.29) is 11.8 Å². The first-order valence-corrected chi connectivity index (χ1v) is 11.0. The number of carbonyl (C=O) groups is 2. The fourth-order valence-electron chi connectivity index (χ4n) is 3.38. The SMILES string of the molecule is C=CCNC(=O)CN1CCN(C(=O)c2csc(-c3cnn(-c4ccccc4)c3)n2)CC1. The lowest BCUT2D eigenvalue weighted by Crippen LogP contribution is -2.51. The van der Waals surface area contributed by atoms with E-state index in [9.17, 15) is 9.59 Å². The van der Waals surface area contributed by atoms with Crippen LogP contribution in [-0.2, 0) is 4.79 Å². The van der Waals surface area contributed by atoms with Gasteiger partial charge in [-0.2, -0.15) is 5.10 Å². The summed E-state index contributed by atoms with van der Waals surface area (Å²) in [6.07, 6.45) is 5.33. The largest absolute Gasteiger partial charge is 0.352 e. The van der Waals surface area contributed by atoms with Crippen LogP contribution in [-0.4, -0.2) is 75.6 Å². The molecule has 0 bridgehead atoms. The first-order chi connectivity index (χ1) is 15.1. The average molecular weight is 437 g/mol. The van der Waals surface area contributed by atoms with Gasteiger partial charge in [-0.3, -0.25) is 14.5 Å². The molecule has 3 aromatic rings. The summed E-state index contributed by atoms with van der Waals surface area (Å²) in [5.74, 6) is -0.103. The molecule has 0 atom stereocenters. The molecule has 0 spiro atoms. The number of para-hydroxylation sites is 1. The number of carbonyl (C=O) groups excluding carboxylic acids is 2. The van der Waals surface area contributed by atoms with Gasteiger partial charge in [-0.1, -0.05) is 24.3 Å². The van der Waals surface area contributed by atoms with Crippen LogP contribution in [0.5, 0.6) is 0 Å². The van der Waals surface area contributed by atoms with Crippen molar-refractivity contribution in [1.29, 1.82) is 0 Å². The Labute approximate surface area is 184 Å². The number of benzene rings is 1. The van der Waals surface area contributed by atoms with E-state index in [1.54, 1.807) is 27.2 Å². The number of piperazine rings is 1. The molecule has 1 aliphatic rings. The lowest BCUT2D eigenvalue weighted by molar-refractivity contribution is -0.122. The smallest absolute Gasteiger partial charge is 0.273 e. The zero-order valence-electron chi connectivity index (χ0n) is 17.1. The van der Waals surface area contributed by atoms with E-state index in [2.05, 4.69) is 22.0 Å². The van der Waals surface area contributed by atoms with Gasteiger partial charge in [0.25, 0.3) is 5.91 Å². The molecule has 1 aliphatic heterocycles. The van der Waals surface area contributed by atoms with Crippen LogP contribution in [0.3, 0.4) is 0 Å². The highest BCUT2D eigenvalue weighted by molar-refractivity contribution is 7.13. The Morgan fingerprint density at radius 2 is 1.94 bits per heavy atom. The van der Waals surface area contributed by atoms with E-state index < -0.39 is 0 Å². The Balaban J connectivity index is 1.34. The maximum absolute atomic E-state index is 12.9. The van der Waals surface area contributed by atoms with Crippen molar-refractivity contribution in [3.05, 3.63) is 66.5 Å². The molecule has 1 saturated heterocycles. The van der Waals surface area contributed by atoms with E-state index in [1.165, 1.54) is 11.3 Å². The lowest BCUT2D eigenvalue weighted by atomic mass is 10.3. The second-order valence-corrected chi connectivity index (χ2v) is 8.07. The van der Waals surface area contributed by atoms with Crippen molar-refractivity contribution < 1.29 is 9.59 Å². The van der Waals surface area contributed by atoms with Crippen LogP contribution >= 0.6 is 11.3 Å². The third kappa shape index (κ3) is 5.07. The first-order valence-electron chi connectivity index (χ1n) is 10.1. The number of nitrogens with one attached hydrogen (secondary N) is 1. The van der Waals surface area contributed by atoms with Crippen molar-refractivity contribution in [1.82, 2.24) is 29.9 Å². The van der Waals surface area contributed by atoms with Crippen molar-refractivity contribution in [2.45, 2.75) is 0 Å². The number of amides is 2. The minimum absolute atomic E-state index is 0.0279. The Morgan fingerprint density at radius 3 is 2.68 bits per heavy atom. The third-order valence-electron chi connectivity index (χ3n) is 5.04. The summed E-state index contributed by atoms with van der Waals surface area (Å²) in [7, 11) is 0. The van der Waals surface area contributed by atoms with Gasteiger partial charge in [0.15, 0.2) is 0 Å². The zero-order chi connectivity index (χ0) is 21.6. The molecule has 1 fully saturated rings. The molecule has 31 heavy (non-hydrogen) atoms. The summed E-state index contributed by atoms with van der Waals surface area (Å²) in [6, 6.07) is 9.85. The van der Waals surface area contributed by atoms with Crippen molar-refractivity contribution in [3.63, 3.8) is 0 Å². The molecule has 160 valence electrons. The standard InChI is InChI=1S/C22H24N6O2S/c1-2-8-23-20(29)15-26-9-11-27(12-10-26)22(30)19-16-31-21(25-19)17-13-24-28(14-17)18-6-4-3-5-7-18/h2-7,13-14,16H,1,8-12,15H2,(H,23,29). The van der Waals surface area contributed by atoms with E-state index in [1.807, 2.05) is 41.4 Å². The van der Waals surface area contributed by atoms with Gasteiger partial charge < -0.3 is 10.2 Å². The minimum Gasteiger partial charge on any atom is -0.352 e. The molecule has 4 rings (SSSR count). The molecule has 1 aromatic carbocycles. The molecule has 0 saturated carbocycles. The monoisotopic (exact) mass is 436 g/mol. The molecule has 8 nitrogen and oxygen atoms in total. The van der Waals surface area contributed by atoms with E-state index in [4.69, 9.17) is 0 Å². The molecule has 0 radical (unpaired) electrons. The van der Waals surface area contributed by atoms with Crippen LogP contribution in [0.4, 0.5) is 0 Å². The topological polar surface area (TPSA) is 83.4 Å². The number of rotatable bonds is 7. The van der Waals surface area contributed by atoms with E-state index in [0.717, 1.165) is 16.3 Å². The zero-order valence-corrected chi connectivity index (χ0v) is 17.9. The third-order valence-corrected chi connectivity index (χ3v) is 5.94.